The lowest BCUT2D eigenvalue weighted by molar-refractivity contribution is -0.482. The van der Waals surface area contributed by atoms with Crippen molar-refractivity contribution in [2.45, 2.75) is 12.8 Å². The van der Waals surface area contributed by atoms with Crippen molar-refractivity contribution in [2.75, 3.05) is 25.5 Å². The van der Waals surface area contributed by atoms with E-state index in [0.29, 0.717) is 0 Å². The van der Waals surface area contributed by atoms with Gasteiger partial charge in [-0.15, -0.1) is 0 Å². The molecule has 1 aromatic carbocycles. The number of hydrogen-bond donors (Lipinski definition) is 0. The Kier molecular flexibility index (Phi) is 4.25. The van der Waals surface area contributed by atoms with E-state index in [2.05, 4.69) is 10.5 Å². The monoisotopic (exact) mass is 323 g/mol. The standard InChI is InChI=1S/C19H21N3O2/c1-14-12-17-6-4-5-11-21(17)19(14)18(13-22(23)24)15-7-9-16(10-8-15)20(2)3/h4-12,18H,13H2,1-3H3/t18-/m0/s1. The van der Waals surface area contributed by atoms with Crippen LogP contribution >= 0.6 is 0 Å². The maximum absolute atomic E-state index is 11.3. The third-order valence-corrected chi connectivity index (χ3v) is 4.39. The number of fused-ring (bicyclic) bond motifs is 1. The van der Waals surface area contributed by atoms with Gasteiger partial charge in [0.1, 0.15) is 0 Å². The predicted octanol–water partition coefficient (Wildman–Crippen LogP) is 3.72. The quantitative estimate of drug-likeness (QED) is 0.531. The first-order chi connectivity index (χ1) is 11.5. The van der Waals surface area contributed by atoms with Crippen molar-refractivity contribution in [3.63, 3.8) is 0 Å². The number of aryl methyl sites for hydroxylation is 1. The van der Waals surface area contributed by atoms with Gasteiger partial charge in [0.25, 0.3) is 0 Å². The molecule has 0 bridgehead atoms. The molecule has 0 aliphatic rings. The normalized spacial score (nSPS) is 12.3. The zero-order valence-corrected chi connectivity index (χ0v) is 14.1. The van der Waals surface area contributed by atoms with Gasteiger partial charge in [0, 0.05) is 42.1 Å². The van der Waals surface area contributed by atoms with Gasteiger partial charge in [-0.2, -0.15) is 0 Å². The zero-order valence-electron chi connectivity index (χ0n) is 14.1. The van der Waals surface area contributed by atoms with Crippen LogP contribution in [0.4, 0.5) is 5.69 Å². The molecule has 24 heavy (non-hydrogen) atoms. The second-order valence-corrected chi connectivity index (χ2v) is 6.26. The van der Waals surface area contributed by atoms with Crippen LogP contribution in [0.3, 0.4) is 0 Å². The molecule has 1 atom stereocenters. The fourth-order valence-electron chi connectivity index (χ4n) is 3.23. The maximum atomic E-state index is 11.3. The van der Waals surface area contributed by atoms with E-state index < -0.39 is 0 Å². The summed E-state index contributed by atoms with van der Waals surface area (Å²) in [5.74, 6) is -0.277. The van der Waals surface area contributed by atoms with E-state index in [1.54, 1.807) is 0 Å². The topological polar surface area (TPSA) is 50.8 Å². The van der Waals surface area contributed by atoms with Crippen LogP contribution in [0.2, 0.25) is 0 Å². The summed E-state index contributed by atoms with van der Waals surface area (Å²) in [6.45, 7) is 1.90. The van der Waals surface area contributed by atoms with Gasteiger partial charge in [0.15, 0.2) is 0 Å². The minimum Gasteiger partial charge on any atom is -0.378 e. The number of aromatic nitrogens is 1. The highest BCUT2D eigenvalue weighted by Crippen LogP contribution is 2.31. The molecular formula is C19H21N3O2. The van der Waals surface area contributed by atoms with E-state index in [4.69, 9.17) is 0 Å². The largest absolute Gasteiger partial charge is 0.378 e. The Hall–Kier alpha value is -2.82. The summed E-state index contributed by atoms with van der Waals surface area (Å²) in [6, 6.07) is 16.0. The lowest BCUT2D eigenvalue weighted by atomic mass is 9.93. The number of hydrogen-bond acceptors (Lipinski definition) is 3. The summed E-state index contributed by atoms with van der Waals surface area (Å²) >= 11 is 0. The summed E-state index contributed by atoms with van der Waals surface area (Å²) < 4.78 is 2.06. The molecular weight excluding hydrogens is 302 g/mol. The average molecular weight is 323 g/mol. The molecule has 0 radical (unpaired) electrons. The number of benzene rings is 1. The van der Waals surface area contributed by atoms with Crippen LogP contribution in [-0.2, 0) is 0 Å². The lowest BCUT2D eigenvalue weighted by Crippen LogP contribution is -2.17. The van der Waals surface area contributed by atoms with E-state index in [1.165, 1.54) is 0 Å². The van der Waals surface area contributed by atoms with Crippen molar-refractivity contribution in [1.29, 1.82) is 0 Å². The number of nitrogens with zero attached hydrogens (tertiary/aromatic N) is 3. The van der Waals surface area contributed by atoms with E-state index in [1.807, 2.05) is 74.6 Å². The van der Waals surface area contributed by atoms with Crippen molar-refractivity contribution in [2.24, 2.45) is 0 Å². The summed E-state index contributed by atoms with van der Waals surface area (Å²) in [5, 5.41) is 11.3. The molecule has 2 heterocycles. The molecule has 0 aliphatic carbocycles. The Balaban J connectivity index is 2.12. The number of rotatable bonds is 5. The van der Waals surface area contributed by atoms with Crippen LogP contribution in [0.25, 0.3) is 5.52 Å². The van der Waals surface area contributed by atoms with Crippen LogP contribution in [0, 0.1) is 17.0 Å². The number of anilines is 1. The van der Waals surface area contributed by atoms with Gasteiger partial charge in [-0.25, -0.2) is 0 Å². The fraction of sp³-hybridized carbons (Fsp3) is 0.263. The van der Waals surface area contributed by atoms with Crippen LogP contribution in [0.1, 0.15) is 22.7 Å². The Morgan fingerprint density at radius 2 is 1.88 bits per heavy atom. The van der Waals surface area contributed by atoms with E-state index in [9.17, 15) is 10.1 Å². The van der Waals surface area contributed by atoms with Crippen molar-refractivity contribution >= 4 is 11.2 Å². The van der Waals surface area contributed by atoms with Crippen molar-refractivity contribution in [1.82, 2.24) is 4.40 Å². The molecule has 0 unspecified atom stereocenters. The second kappa shape index (κ2) is 6.35. The van der Waals surface area contributed by atoms with Crippen molar-refractivity contribution < 1.29 is 4.92 Å². The molecule has 124 valence electrons. The van der Waals surface area contributed by atoms with Gasteiger partial charge in [-0.05, 0) is 48.4 Å². The predicted molar refractivity (Wildman–Crippen MR) is 96.6 cm³/mol. The molecule has 0 fully saturated rings. The second-order valence-electron chi connectivity index (χ2n) is 6.26. The highest BCUT2D eigenvalue weighted by Gasteiger charge is 2.25. The van der Waals surface area contributed by atoms with Crippen LogP contribution in [-0.4, -0.2) is 30.0 Å². The van der Waals surface area contributed by atoms with Gasteiger partial charge in [0.05, 0.1) is 5.92 Å². The Morgan fingerprint density at radius 1 is 1.17 bits per heavy atom. The number of nitro groups is 1. The molecule has 0 saturated heterocycles. The van der Waals surface area contributed by atoms with Crippen molar-refractivity contribution in [3.05, 3.63) is 81.7 Å². The molecule has 0 saturated carbocycles. The molecule has 0 spiro atoms. The first kappa shape index (κ1) is 16.1. The zero-order chi connectivity index (χ0) is 17.3. The van der Waals surface area contributed by atoms with Crippen LogP contribution in [0.15, 0.2) is 54.7 Å². The third-order valence-electron chi connectivity index (χ3n) is 4.39. The minimum absolute atomic E-state index is 0.122. The van der Waals surface area contributed by atoms with Gasteiger partial charge < -0.3 is 9.30 Å². The molecule has 5 heteroatoms. The van der Waals surface area contributed by atoms with Gasteiger partial charge in [-0.1, -0.05) is 18.2 Å². The van der Waals surface area contributed by atoms with Gasteiger partial charge in [0.2, 0.25) is 6.54 Å². The summed E-state index contributed by atoms with van der Waals surface area (Å²) in [6.07, 6.45) is 1.97. The van der Waals surface area contributed by atoms with Crippen molar-refractivity contribution in [3.8, 4) is 0 Å². The summed E-state index contributed by atoms with van der Waals surface area (Å²) in [7, 11) is 3.96. The smallest absolute Gasteiger partial charge is 0.216 e. The maximum Gasteiger partial charge on any atom is 0.216 e. The molecule has 0 N–H and O–H groups in total. The highest BCUT2D eigenvalue weighted by atomic mass is 16.6. The fourth-order valence-corrected chi connectivity index (χ4v) is 3.23. The first-order valence-corrected chi connectivity index (χ1v) is 7.93. The third kappa shape index (κ3) is 2.97. The Bertz CT molecular complexity index is 866. The lowest BCUT2D eigenvalue weighted by Gasteiger charge is -2.18. The highest BCUT2D eigenvalue weighted by molar-refractivity contribution is 5.56. The summed E-state index contributed by atoms with van der Waals surface area (Å²) in [4.78, 5) is 13.1. The Morgan fingerprint density at radius 3 is 2.50 bits per heavy atom. The molecule has 3 aromatic rings. The van der Waals surface area contributed by atoms with E-state index in [0.717, 1.165) is 28.0 Å². The average Bonchev–Trinajstić information content (AvgIpc) is 2.88. The Labute approximate surface area is 141 Å². The van der Waals surface area contributed by atoms with E-state index in [-0.39, 0.29) is 17.4 Å². The van der Waals surface area contributed by atoms with Gasteiger partial charge >= 0.3 is 0 Å². The molecule has 0 aliphatic heterocycles. The molecule has 3 rings (SSSR count). The molecule has 0 amide bonds. The molecule has 2 aromatic heterocycles. The van der Waals surface area contributed by atoms with E-state index >= 15 is 0 Å². The first-order valence-electron chi connectivity index (χ1n) is 7.93. The number of pyridine rings is 1. The van der Waals surface area contributed by atoms with Crippen LogP contribution in [0.5, 0.6) is 0 Å². The minimum atomic E-state index is -0.277. The SMILES string of the molecule is Cc1cc2ccccn2c1[C@@H](C[N+](=O)[O-])c1ccc(N(C)C)cc1. The summed E-state index contributed by atoms with van der Waals surface area (Å²) in [5.41, 5.74) is 5.16. The van der Waals surface area contributed by atoms with Gasteiger partial charge in [-0.3, -0.25) is 10.1 Å². The molecule has 5 nitrogen and oxygen atoms in total. The van der Waals surface area contributed by atoms with Crippen LogP contribution < -0.4 is 4.90 Å².